The SMILES string of the molecule is [O]=[Ni].[Sr].[W]. The normalized spacial score (nSPS) is 1.50. The zero-order chi connectivity index (χ0) is 2.00. The predicted molar refractivity (Wildman–Crippen MR) is 6.44 cm³/mol. The molecule has 0 N–H and O–H groups in total. The first-order valence-electron chi connectivity index (χ1n) is 0.129. The van der Waals surface area contributed by atoms with Crippen molar-refractivity contribution in [3.63, 3.8) is 0 Å². The third-order valence-electron chi connectivity index (χ3n) is 0. The van der Waals surface area contributed by atoms with Gasteiger partial charge in [0.2, 0.25) is 0 Å². The summed E-state index contributed by atoms with van der Waals surface area (Å²) in [4.78, 5) is 0. The molecule has 0 rings (SSSR count). The molecule has 0 atom stereocenters. The van der Waals surface area contributed by atoms with Gasteiger partial charge < -0.3 is 0 Å². The van der Waals surface area contributed by atoms with Crippen molar-refractivity contribution in [3.8, 4) is 0 Å². The molecule has 0 fully saturated rings. The van der Waals surface area contributed by atoms with Crippen molar-refractivity contribution in [1.82, 2.24) is 0 Å². The van der Waals surface area contributed by atoms with Crippen LogP contribution in [-0.2, 0) is 40.4 Å². The van der Waals surface area contributed by atoms with Crippen molar-refractivity contribution in [1.29, 1.82) is 0 Å². The van der Waals surface area contributed by atoms with Gasteiger partial charge in [0, 0.05) is 66.5 Å². The predicted octanol–water partition coefficient (Wildman–Crippen LogP) is -0.505. The molecule has 0 aromatic carbocycles. The Hall–Kier alpha value is 2.46. The van der Waals surface area contributed by atoms with E-state index in [4.69, 9.17) is 3.90 Å². The molecule has 0 spiro atoms. The molecular formula is NiOSrW. The van der Waals surface area contributed by atoms with E-state index in [1.54, 1.807) is 0 Å². The molecule has 24 valence electrons. The second-order valence-electron chi connectivity index (χ2n) is 0. The first-order valence-corrected chi connectivity index (χ1v) is 0.532. The summed E-state index contributed by atoms with van der Waals surface area (Å²) in [6.45, 7) is 0. The Balaban J connectivity index is -0.00000000500. The first kappa shape index (κ1) is 16.1. The van der Waals surface area contributed by atoms with Crippen molar-refractivity contribution in [3.05, 3.63) is 0 Å². The maximum absolute atomic E-state index is 7.88. The minimum absolute atomic E-state index is 0. The summed E-state index contributed by atoms with van der Waals surface area (Å²) in [5.41, 5.74) is 0. The Morgan fingerprint density at radius 2 is 1.25 bits per heavy atom. The molecule has 0 aromatic rings. The minimum atomic E-state index is 0. The molecule has 0 bridgehead atoms. The van der Waals surface area contributed by atoms with Crippen LogP contribution in [0, 0.1) is 0 Å². The number of rotatable bonds is 0. The van der Waals surface area contributed by atoms with Crippen molar-refractivity contribution in [2.24, 2.45) is 0 Å². The van der Waals surface area contributed by atoms with Crippen molar-refractivity contribution in [2.45, 2.75) is 0 Å². The van der Waals surface area contributed by atoms with Gasteiger partial charge in [-0.05, 0) is 0 Å². The Morgan fingerprint density at radius 1 is 1.25 bits per heavy atom. The molecule has 0 aliphatic heterocycles. The largest absolute Gasteiger partial charge is 0 e. The van der Waals surface area contributed by atoms with Crippen LogP contribution in [0.2, 0.25) is 0 Å². The van der Waals surface area contributed by atoms with Gasteiger partial charge in [0.25, 0.3) is 0 Å². The molecular weight excluding hydrogens is 346 g/mol. The van der Waals surface area contributed by atoms with Gasteiger partial charge >= 0.3 is 19.3 Å². The smallest absolute Gasteiger partial charge is 0 e. The van der Waals surface area contributed by atoms with E-state index < -0.39 is 0 Å². The summed E-state index contributed by atoms with van der Waals surface area (Å²) in [7, 11) is 0. The van der Waals surface area contributed by atoms with Crippen LogP contribution in [0.25, 0.3) is 0 Å². The molecule has 0 aromatic heterocycles. The molecule has 0 unspecified atom stereocenters. The van der Waals surface area contributed by atoms with Gasteiger partial charge in [-0.15, -0.1) is 0 Å². The molecule has 0 amide bonds. The van der Waals surface area contributed by atoms with Crippen LogP contribution in [0.15, 0.2) is 0 Å². The van der Waals surface area contributed by atoms with Gasteiger partial charge in [-0.25, -0.2) is 0 Å². The summed E-state index contributed by atoms with van der Waals surface area (Å²) in [5.74, 6) is 0. The average molecular weight is 346 g/mol. The molecule has 4 heteroatoms. The monoisotopic (exact) mass is 346 g/mol. The van der Waals surface area contributed by atoms with Crippen molar-refractivity contribution >= 4 is 45.5 Å². The maximum Gasteiger partial charge on any atom is 0 e. The second kappa shape index (κ2) is 17.9. The summed E-state index contributed by atoms with van der Waals surface area (Å²) in [6, 6.07) is 0. The molecule has 1 nitrogen and oxygen atoms in total. The Morgan fingerprint density at radius 3 is 1.25 bits per heavy atom. The second-order valence-corrected chi connectivity index (χ2v) is 0. The maximum atomic E-state index is 7.88. The van der Waals surface area contributed by atoms with Crippen LogP contribution in [0.3, 0.4) is 0 Å². The summed E-state index contributed by atoms with van der Waals surface area (Å²) in [5, 5.41) is 0. The van der Waals surface area contributed by atoms with Crippen LogP contribution in [-0.4, -0.2) is 45.5 Å². The van der Waals surface area contributed by atoms with Crippen LogP contribution in [0.4, 0.5) is 0 Å². The Bertz CT molecular complexity index is 8.00. The van der Waals surface area contributed by atoms with Crippen molar-refractivity contribution in [2.75, 3.05) is 0 Å². The topological polar surface area (TPSA) is 17.1 Å². The zero-order valence-electron chi connectivity index (χ0n) is 1.84. The Kier molecular flexibility index (Phi) is 72.1. The average Bonchev–Trinajstić information content (AvgIpc) is 1.00. The molecule has 4 heavy (non-hydrogen) atoms. The summed E-state index contributed by atoms with van der Waals surface area (Å²) in [6.07, 6.45) is 0. The van der Waals surface area contributed by atoms with Crippen LogP contribution in [0.5, 0.6) is 0 Å². The zero-order valence-corrected chi connectivity index (χ0v) is 9.24. The molecule has 0 saturated heterocycles. The van der Waals surface area contributed by atoms with E-state index in [-0.39, 0.29) is 66.5 Å². The first-order chi connectivity index (χ1) is 1.00. The molecule has 2 radical (unpaired) electrons. The summed E-state index contributed by atoms with van der Waals surface area (Å²) < 4.78 is 7.88. The van der Waals surface area contributed by atoms with E-state index in [1.165, 1.54) is 0 Å². The van der Waals surface area contributed by atoms with Gasteiger partial charge in [0.1, 0.15) is 0 Å². The third-order valence-corrected chi connectivity index (χ3v) is 0. The van der Waals surface area contributed by atoms with Gasteiger partial charge in [-0.1, -0.05) is 0 Å². The molecule has 0 heterocycles. The van der Waals surface area contributed by atoms with Crippen molar-refractivity contribution < 1.29 is 40.4 Å². The van der Waals surface area contributed by atoms with Gasteiger partial charge in [-0.2, -0.15) is 0 Å². The van der Waals surface area contributed by atoms with E-state index in [0.29, 0.717) is 0 Å². The fourth-order valence-electron chi connectivity index (χ4n) is 0. The Labute approximate surface area is 84.0 Å². The van der Waals surface area contributed by atoms with E-state index in [2.05, 4.69) is 15.4 Å². The van der Waals surface area contributed by atoms with E-state index >= 15 is 0 Å². The third kappa shape index (κ3) is 8.82. The molecule has 0 aliphatic carbocycles. The summed E-state index contributed by atoms with van der Waals surface area (Å²) >= 11 is 2.62. The standard InChI is InChI=1S/Ni.O.Sr.W. The van der Waals surface area contributed by atoms with Crippen LogP contribution >= 0.6 is 0 Å². The minimum Gasteiger partial charge on any atom is 0 e. The molecule has 0 saturated carbocycles. The van der Waals surface area contributed by atoms with E-state index in [0.717, 1.165) is 0 Å². The van der Waals surface area contributed by atoms with Gasteiger partial charge in [0.15, 0.2) is 0 Å². The fraction of sp³-hybridized carbons (Fsp3) is 0. The molecule has 0 aliphatic rings. The number of hydrogen-bond donors (Lipinski definition) is 0. The van der Waals surface area contributed by atoms with Crippen LogP contribution < -0.4 is 0 Å². The van der Waals surface area contributed by atoms with Gasteiger partial charge in [-0.3, -0.25) is 0 Å². The number of hydrogen-bond acceptors (Lipinski definition) is 1. The van der Waals surface area contributed by atoms with E-state index in [9.17, 15) is 0 Å². The fourth-order valence-corrected chi connectivity index (χ4v) is 0. The van der Waals surface area contributed by atoms with Crippen LogP contribution in [0.1, 0.15) is 0 Å². The quantitative estimate of drug-likeness (QED) is 0.541. The van der Waals surface area contributed by atoms with E-state index in [1.807, 2.05) is 0 Å². The van der Waals surface area contributed by atoms with Gasteiger partial charge in [0.05, 0.1) is 0 Å².